The van der Waals surface area contributed by atoms with Gasteiger partial charge in [-0.25, -0.2) is 4.79 Å². The minimum Gasteiger partial charge on any atom is -0.491 e. The van der Waals surface area contributed by atoms with Gasteiger partial charge in [0.2, 0.25) is 0 Å². The van der Waals surface area contributed by atoms with E-state index in [0.717, 1.165) is 19.6 Å². The molecule has 0 saturated carbocycles. The molecule has 104 valence electrons. The SMILES string of the molecule is COC(=O)c1cnccc1OCCN1CCCCC1. The second-order valence-corrected chi connectivity index (χ2v) is 4.61. The van der Waals surface area contributed by atoms with Gasteiger partial charge < -0.3 is 9.47 Å². The van der Waals surface area contributed by atoms with E-state index in [-0.39, 0.29) is 0 Å². The summed E-state index contributed by atoms with van der Waals surface area (Å²) in [6, 6.07) is 1.70. The molecule has 5 heteroatoms. The van der Waals surface area contributed by atoms with Crippen LogP contribution in [-0.4, -0.2) is 49.2 Å². The monoisotopic (exact) mass is 264 g/mol. The Morgan fingerprint density at radius 3 is 2.89 bits per heavy atom. The summed E-state index contributed by atoms with van der Waals surface area (Å²) in [5.41, 5.74) is 0.378. The van der Waals surface area contributed by atoms with Crippen molar-refractivity contribution in [2.45, 2.75) is 19.3 Å². The molecule has 1 aliphatic heterocycles. The van der Waals surface area contributed by atoms with Gasteiger partial charge in [-0.1, -0.05) is 6.42 Å². The van der Waals surface area contributed by atoms with E-state index < -0.39 is 5.97 Å². The van der Waals surface area contributed by atoms with E-state index in [0.29, 0.717) is 17.9 Å². The van der Waals surface area contributed by atoms with Crippen molar-refractivity contribution in [1.82, 2.24) is 9.88 Å². The van der Waals surface area contributed by atoms with Crippen molar-refractivity contribution in [3.05, 3.63) is 24.0 Å². The van der Waals surface area contributed by atoms with E-state index in [4.69, 9.17) is 9.47 Å². The number of hydrogen-bond acceptors (Lipinski definition) is 5. The molecule has 5 nitrogen and oxygen atoms in total. The van der Waals surface area contributed by atoms with E-state index in [2.05, 4.69) is 9.88 Å². The van der Waals surface area contributed by atoms with Crippen LogP contribution in [0.3, 0.4) is 0 Å². The molecule has 0 spiro atoms. The third-order valence-corrected chi connectivity index (χ3v) is 3.30. The Morgan fingerprint density at radius 1 is 1.37 bits per heavy atom. The first-order valence-corrected chi connectivity index (χ1v) is 6.69. The molecule has 1 saturated heterocycles. The summed E-state index contributed by atoms with van der Waals surface area (Å²) in [6.45, 7) is 3.75. The molecule has 0 radical (unpaired) electrons. The number of hydrogen-bond donors (Lipinski definition) is 0. The number of esters is 1. The number of carbonyl (C=O) groups excluding carboxylic acids is 1. The summed E-state index contributed by atoms with van der Waals surface area (Å²) in [6.07, 6.45) is 6.95. The maximum absolute atomic E-state index is 11.5. The second-order valence-electron chi connectivity index (χ2n) is 4.61. The van der Waals surface area contributed by atoms with Gasteiger partial charge in [0.25, 0.3) is 0 Å². The molecule has 0 aromatic carbocycles. The number of pyridine rings is 1. The summed E-state index contributed by atoms with van der Waals surface area (Å²) in [5, 5.41) is 0. The molecule has 0 N–H and O–H groups in total. The lowest BCUT2D eigenvalue weighted by atomic mass is 10.1. The predicted octanol–water partition coefficient (Wildman–Crippen LogP) is 1.73. The van der Waals surface area contributed by atoms with Crippen LogP contribution >= 0.6 is 0 Å². The van der Waals surface area contributed by atoms with Crippen molar-refractivity contribution in [2.24, 2.45) is 0 Å². The Kier molecular flexibility index (Phi) is 5.15. The van der Waals surface area contributed by atoms with Crippen LogP contribution in [0.2, 0.25) is 0 Å². The van der Waals surface area contributed by atoms with Gasteiger partial charge in [-0.05, 0) is 32.0 Å². The highest BCUT2D eigenvalue weighted by Gasteiger charge is 2.14. The van der Waals surface area contributed by atoms with Crippen LogP contribution < -0.4 is 4.74 Å². The standard InChI is InChI=1S/C14H20N2O3/c1-18-14(17)12-11-15-6-5-13(12)19-10-9-16-7-3-2-4-8-16/h5-6,11H,2-4,7-10H2,1H3. The average molecular weight is 264 g/mol. The molecule has 1 aromatic heterocycles. The van der Waals surface area contributed by atoms with Crippen LogP contribution in [0.25, 0.3) is 0 Å². The molecular weight excluding hydrogens is 244 g/mol. The number of likely N-dealkylation sites (tertiary alicyclic amines) is 1. The van der Waals surface area contributed by atoms with Crippen LogP contribution in [0, 0.1) is 0 Å². The minimum atomic E-state index is -0.416. The van der Waals surface area contributed by atoms with Crippen molar-refractivity contribution in [3.63, 3.8) is 0 Å². The number of carbonyl (C=O) groups is 1. The van der Waals surface area contributed by atoms with Gasteiger partial charge in [0.15, 0.2) is 0 Å². The van der Waals surface area contributed by atoms with Crippen molar-refractivity contribution in [2.75, 3.05) is 33.4 Å². The van der Waals surface area contributed by atoms with Crippen molar-refractivity contribution in [1.29, 1.82) is 0 Å². The highest BCUT2D eigenvalue weighted by molar-refractivity contribution is 5.91. The Bertz CT molecular complexity index is 417. The van der Waals surface area contributed by atoms with Crippen molar-refractivity contribution >= 4 is 5.97 Å². The fraction of sp³-hybridized carbons (Fsp3) is 0.571. The first kappa shape index (κ1) is 13.8. The summed E-state index contributed by atoms with van der Waals surface area (Å²) < 4.78 is 10.4. The number of nitrogens with zero attached hydrogens (tertiary/aromatic N) is 2. The fourth-order valence-corrected chi connectivity index (χ4v) is 2.24. The molecule has 2 rings (SSSR count). The third-order valence-electron chi connectivity index (χ3n) is 3.30. The quantitative estimate of drug-likeness (QED) is 0.758. The fourth-order valence-electron chi connectivity index (χ4n) is 2.24. The van der Waals surface area contributed by atoms with E-state index in [1.807, 2.05) is 0 Å². The molecule has 1 fully saturated rings. The van der Waals surface area contributed by atoms with Gasteiger partial charge in [-0.2, -0.15) is 0 Å². The summed E-state index contributed by atoms with van der Waals surface area (Å²) in [4.78, 5) is 17.9. The van der Waals surface area contributed by atoms with Gasteiger partial charge in [-0.3, -0.25) is 9.88 Å². The molecule has 1 aliphatic rings. The van der Waals surface area contributed by atoms with Crippen LogP contribution in [0.1, 0.15) is 29.6 Å². The zero-order chi connectivity index (χ0) is 13.5. The maximum Gasteiger partial charge on any atom is 0.343 e. The number of rotatable bonds is 5. The number of methoxy groups -OCH3 is 1. The summed E-state index contributed by atoms with van der Waals surface area (Å²) in [7, 11) is 1.35. The van der Waals surface area contributed by atoms with Crippen molar-refractivity contribution < 1.29 is 14.3 Å². The van der Waals surface area contributed by atoms with Crippen molar-refractivity contribution in [3.8, 4) is 5.75 Å². The van der Waals surface area contributed by atoms with Gasteiger partial charge in [-0.15, -0.1) is 0 Å². The molecule has 0 amide bonds. The normalized spacial score (nSPS) is 16.1. The van der Waals surface area contributed by atoms with E-state index in [9.17, 15) is 4.79 Å². The molecule has 2 heterocycles. The molecule has 0 atom stereocenters. The van der Waals surface area contributed by atoms with Crippen LogP contribution in [0.15, 0.2) is 18.5 Å². The Labute approximate surface area is 113 Å². The number of piperidine rings is 1. The second kappa shape index (κ2) is 7.09. The van der Waals surface area contributed by atoms with Gasteiger partial charge in [0.05, 0.1) is 7.11 Å². The van der Waals surface area contributed by atoms with E-state index in [1.54, 1.807) is 12.3 Å². The highest BCUT2D eigenvalue weighted by Crippen LogP contribution is 2.17. The van der Waals surface area contributed by atoms with Crippen LogP contribution in [-0.2, 0) is 4.74 Å². The third kappa shape index (κ3) is 3.92. The van der Waals surface area contributed by atoms with Gasteiger partial charge in [0, 0.05) is 18.9 Å². The molecule has 0 aliphatic carbocycles. The predicted molar refractivity (Wildman–Crippen MR) is 71.4 cm³/mol. The summed E-state index contributed by atoms with van der Waals surface area (Å²) >= 11 is 0. The van der Waals surface area contributed by atoms with E-state index in [1.165, 1.54) is 32.6 Å². The maximum atomic E-state index is 11.5. The molecule has 19 heavy (non-hydrogen) atoms. The van der Waals surface area contributed by atoms with Crippen LogP contribution in [0.4, 0.5) is 0 Å². The number of ether oxygens (including phenoxy) is 2. The average Bonchev–Trinajstić information content (AvgIpc) is 2.48. The zero-order valence-electron chi connectivity index (χ0n) is 11.3. The minimum absolute atomic E-state index is 0.378. The number of aromatic nitrogens is 1. The smallest absolute Gasteiger partial charge is 0.343 e. The lowest BCUT2D eigenvalue weighted by Gasteiger charge is -2.26. The largest absolute Gasteiger partial charge is 0.491 e. The molecule has 0 bridgehead atoms. The lowest BCUT2D eigenvalue weighted by Crippen LogP contribution is -2.33. The molecular formula is C14H20N2O3. The Balaban J connectivity index is 1.86. The lowest BCUT2D eigenvalue weighted by molar-refractivity contribution is 0.0594. The van der Waals surface area contributed by atoms with Gasteiger partial charge in [0.1, 0.15) is 17.9 Å². The Morgan fingerprint density at radius 2 is 2.16 bits per heavy atom. The first-order valence-electron chi connectivity index (χ1n) is 6.69. The molecule has 1 aromatic rings. The van der Waals surface area contributed by atoms with Gasteiger partial charge >= 0.3 is 5.97 Å². The van der Waals surface area contributed by atoms with E-state index >= 15 is 0 Å². The first-order chi connectivity index (χ1) is 9.31. The highest BCUT2D eigenvalue weighted by atomic mass is 16.5. The Hall–Kier alpha value is -1.62. The summed E-state index contributed by atoms with van der Waals surface area (Å²) in [5.74, 6) is 0.125. The molecule has 0 unspecified atom stereocenters. The van der Waals surface area contributed by atoms with Crippen LogP contribution in [0.5, 0.6) is 5.75 Å². The topological polar surface area (TPSA) is 51.7 Å². The zero-order valence-corrected chi connectivity index (χ0v) is 11.3.